The average Bonchev–Trinajstić information content (AvgIpc) is 2.27. The minimum atomic E-state index is -0.159. The molecule has 1 heterocycles. The van der Waals surface area contributed by atoms with Crippen LogP contribution in [0.15, 0.2) is 0 Å². The van der Waals surface area contributed by atoms with Crippen LogP contribution in [-0.2, 0) is 4.74 Å². The number of amides is 1. The van der Waals surface area contributed by atoms with Crippen molar-refractivity contribution in [2.45, 2.75) is 45.6 Å². The normalized spacial score (nSPS) is 19.6. The summed E-state index contributed by atoms with van der Waals surface area (Å²) in [7, 11) is 0. The van der Waals surface area contributed by atoms with Crippen molar-refractivity contribution in [1.82, 2.24) is 4.90 Å². The van der Waals surface area contributed by atoms with Crippen LogP contribution in [0.5, 0.6) is 0 Å². The second-order valence-corrected chi connectivity index (χ2v) is 4.68. The summed E-state index contributed by atoms with van der Waals surface area (Å²) in [6.07, 6.45) is 4.29. The van der Waals surface area contributed by atoms with E-state index in [1.165, 1.54) is 6.42 Å². The third kappa shape index (κ3) is 4.39. The fourth-order valence-electron chi connectivity index (χ4n) is 2.12. The number of hydrogen-bond donors (Lipinski definition) is 1. The maximum Gasteiger partial charge on any atom is 0.409 e. The predicted molar refractivity (Wildman–Crippen MR) is 64.2 cm³/mol. The molecule has 1 amide bonds. The Kier molecular flexibility index (Phi) is 5.60. The Hall–Kier alpha value is -0.770. The third-order valence-electron chi connectivity index (χ3n) is 3.17. The van der Waals surface area contributed by atoms with Gasteiger partial charge in [-0.1, -0.05) is 0 Å². The van der Waals surface area contributed by atoms with Gasteiger partial charge in [0, 0.05) is 19.1 Å². The van der Waals surface area contributed by atoms with E-state index >= 15 is 0 Å². The van der Waals surface area contributed by atoms with E-state index in [2.05, 4.69) is 0 Å². The smallest absolute Gasteiger partial charge is 0.409 e. The lowest BCUT2D eigenvalue weighted by Crippen LogP contribution is -2.39. The summed E-state index contributed by atoms with van der Waals surface area (Å²) in [6.45, 7) is 6.02. The number of rotatable bonds is 4. The second-order valence-electron chi connectivity index (χ2n) is 4.68. The van der Waals surface area contributed by atoms with Crippen molar-refractivity contribution in [3.8, 4) is 0 Å². The molecule has 16 heavy (non-hydrogen) atoms. The highest BCUT2D eigenvalue weighted by Crippen LogP contribution is 2.22. The highest BCUT2D eigenvalue weighted by molar-refractivity contribution is 5.67. The van der Waals surface area contributed by atoms with E-state index in [1.54, 1.807) is 0 Å². The molecule has 0 saturated carbocycles. The number of hydrogen-bond acceptors (Lipinski definition) is 3. The van der Waals surface area contributed by atoms with Gasteiger partial charge in [-0.05, 0) is 45.4 Å². The molecule has 1 aliphatic rings. The van der Waals surface area contributed by atoms with E-state index in [9.17, 15) is 4.79 Å². The Morgan fingerprint density at radius 1 is 1.50 bits per heavy atom. The lowest BCUT2D eigenvalue weighted by atomic mass is 9.91. The van der Waals surface area contributed by atoms with Gasteiger partial charge in [-0.3, -0.25) is 0 Å². The van der Waals surface area contributed by atoms with Gasteiger partial charge in [0.15, 0.2) is 0 Å². The topological polar surface area (TPSA) is 55.6 Å². The van der Waals surface area contributed by atoms with Crippen LogP contribution in [0.2, 0.25) is 0 Å². The van der Waals surface area contributed by atoms with Gasteiger partial charge >= 0.3 is 6.09 Å². The molecular weight excluding hydrogens is 204 g/mol. The molecule has 0 spiro atoms. The van der Waals surface area contributed by atoms with Crippen LogP contribution in [0.1, 0.15) is 39.5 Å². The van der Waals surface area contributed by atoms with Crippen LogP contribution >= 0.6 is 0 Å². The SMILES string of the molecule is CCOC(=O)N1CCC(CCC(C)N)CC1. The van der Waals surface area contributed by atoms with E-state index in [0.29, 0.717) is 12.6 Å². The van der Waals surface area contributed by atoms with Gasteiger partial charge in [0.2, 0.25) is 0 Å². The van der Waals surface area contributed by atoms with Crippen molar-refractivity contribution in [2.24, 2.45) is 11.7 Å². The van der Waals surface area contributed by atoms with E-state index in [4.69, 9.17) is 10.5 Å². The number of likely N-dealkylation sites (tertiary alicyclic amines) is 1. The molecule has 1 aliphatic heterocycles. The maximum absolute atomic E-state index is 11.5. The summed E-state index contributed by atoms with van der Waals surface area (Å²) in [5, 5.41) is 0. The predicted octanol–water partition coefficient (Wildman–Crippen LogP) is 1.98. The van der Waals surface area contributed by atoms with E-state index in [1.807, 2.05) is 18.7 Å². The van der Waals surface area contributed by atoms with E-state index in [-0.39, 0.29) is 6.09 Å². The first-order chi connectivity index (χ1) is 7.63. The largest absolute Gasteiger partial charge is 0.450 e. The first-order valence-corrected chi connectivity index (χ1v) is 6.30. The minimum absolute atomic E-state index is 0.159. The molecule has 4 nitrogen and oxygen atoms in total. The zero-order valence-corrected chi connectivity index (χ0v) is 10.4. The molecule has 0 radical (unpaired) electrons. The number of piperidine rings is 1. The Bertz CT molecular complexity index is 211. The molecule has 0 aromatic heterocycles. The molecule has 0 bridgehead atoms. The maximum atomic E-state index is 11.5. The van der Waals surface area contributed by atoms with Crippen molar-refractivity contribution in [2.75, 3.05) is 19.7 Å². The first kappa shape index (κ1) is 13.3. The zero-order valence-electron chi connectivity index (χ0n) is 10.4. The zero-order chi connectivity index (χ0) is 12.0. The molecule has 94 valence electrons. The second kappa shape index (κ2) is 6.74. The lowest BCUT2D eigenvalue weighted by molar-refractivity contribution is 0.0905. The number of carbonyl (C=O) groups excluding carboxylic acids is 1. The summed E-state index contributed by atoms with van der Waals surface area (Å²) >= 11 is 0. The first-order valence-electron chi connectivity index (χ1n) is 6.30. The van der Waals surface area contributed by atoms with Gasteiger partial charge < -0.3 is 15.4 Å². The Morgan fingerprint density at radius 2 is 2.12 bits per heavy atom. The Labute approximate surface area is 98.1 Å². The molecular formula is C12H24N2O2. The Balaban J connectivity index is 2.20. The summed E-state index contributed by atoms with van der Waals surface area (Å²) in [5.41, 5.74) is 5.74. The van der Waals surface area contributed by atoms with Crippen molar-refractivity contribution in [1.29, 1.82) is 0 Å². The number of carbonyl (C=O) groups is 1. The molecule has 1 rings (SSSR count). The van der Waals surface area contributed by atoms with Gasteiger partial charge in [0.1, 0.15) is 0 Å². The number of ether oxygens (including phenoxy) is 1. The molecule has 1 fully saturated rings. The van der Waals surface area contributed by atoms with Crippen molar-refractivity contribution >= 4 is 6.09 Å². The van der Waals surface area contributed by atoms with Gasteiger partial charge in [-0.15, -0.1) is 0 Å². The minimum Gasteiger partial charge on any atom is -0.450 e. The summed E-state index contributed by atoms with van der Waals surface area (Å²) in [4.78, 5) is 13.3. The summed E-state index contributed by atoms with van der Waals surface area (Å²) in [6, 6.07) is 0.295. The number of nitrogens with two attached hydrogens (primary N) is 1. The lowest BCUT2D eigenvalue weighted by Gasteiger charge is -2.31. The standard InChI is InChI=1S/C12H24N2O2/c1-3-16-12(15)14-8-6-11(7-9-14)5-4-10(2)13/h10-11H,3-9,13H2,1-2H3. The third-order valence-corrected chi connectivity index (χ3v) is 3.17. The monoisotopic (exact) mass is 228 g/mol. The molecule has 0 aromatic rings. The van der Waals surface area contributed by atoms with Crippen LogP contribution < -0.4 is 5.73 Å². The van der Waals surface area contributed by atoms with E-state index in [0.717, 1.165) is 38.3 Å². The Morgan fingerprint density at radius 3 is 2.62 bits per heavy atom. The van der Waals surface area contributed by atoms with Crippen molar-refractivity contribution in [3.05, 3.63) is 0 Å². The van der Waals surface area contributed by atoms with E-state index < -0.39 is 0 Å². The fourth-order valence-corrected chi connectivity index (χ4v) is 2.12. The molecule has 1 unspecified atom stereocenters. The average molecular weight is 228 g/mol. The van der Waals surface area contributed by atoms with Crippen LogP contribution in [0.4, 0.5) is 4.79 Å². The van der Waals surface area contributed by atoms with Crippen LogP contribution in [0.3, 0.4) is 0 Å². The number of nitrogens with zero attached hydrogens (tertiary/aromatic N) is 1. The quantitative estimate of drug-likeness (QED) is 0.800. The highest BCUT2D eigenvalue weighted by Gasteiger charge is 2.23. The molecule has 0 aliphatic carbocycles. The van der Waals surface area contributed by atoms with Gasteiger partial charge in [0.25, 0.3) is 0 Å². The molecule has 4 heteroatoms. The fraction of sp³-hybridized carbons (Fsp3) is 0.917. The van der Waals surface area contributed by atoms with Gasteiger partial charge in [0.05, 0.1) is 6.61 Å². The molecule has 2 N–H and O–H groups in total. The summed E-state index contributed by atoms with van der Waals surface area (Å²) in [5.74, 6) is 0.733. The van der Waals surface area contributed by atoms with Gasteiger partial charge in [-0.25, -0.2) is 4.79 Å². The van der Waals surface area contributed by atoms with Crippen molar-refractivity contribution < 1.29 is 9.53 Å². The van der Waals surface area contributed by atoms with Gasteiger partial charge in [-0.2, -0.15) is 0 Å². The van der Waals surface area contributed by atoms with Crippen LogP contribution in [0.25, 0.3) is 0 Å². The molecule has 1 saturated heterocycles. The van der Waals surface area contributed by atoms with Crippen molar-refractivity contribution in [3.63, 3.8) is 0 Å². The van der Waals surface area contributed by atoms with Crippen LogP contribution in [-0.4, -0.2) is 36.7 Å². The molecule has 1 atom stereocenters. The molecule has 0 aromatic carbocycles. The highest BCUT2D eigenvalue weighted by atomic mass is 16.6. The van der Waals surface area contributed by atoms with Crippen LogP contribution in [0, 0.1) is 5.92 Å². The summed E-state index contributed by atoms with van der Waals surface area (Å²) < 4.78 is 4.98.